The largest absolute Gasteiger partial charge is 0.490 e. The summed E-state index contributed by atoms with van der Waals surface area (Å²) in [5, 5.41) is 2.02. The van der Waals surface area contributed by atoms with Gasteiger partial charge < -0.3 is 9.47 Å². The van der Waals surface area contributed by atoms with Gasteiger partial charge in [0.05, 0.1) is 13.2 Å². The molecule has 0 heterocycles. The minimum Gasteiger partial charge on any atom is -0.490 e. The first-order valence-corrected chi connectivity index (χ1v) is 6.50. The number of hydrogen-bond donors (Lipinski definition) is 0. The third-order valence-corrected chi connectivity index (χ3v) is 2.91. The van der Waals surface area contributed by atoms with Gasteiger partial charge >= 0.3 is 0 Å². The summed E-state index contributed by atoms with van der Waals surface area (Å²) in [4.78, 5) is 11.4. The van der Waals surface area contributed by atoms with Gasteiger partial charge in [0.25, 0.3) is 0 Å². The molecular formula is C16H18O3. The van der Waals surface area contributed by atoms with Gasteiger partial charge in [0.15, 0.2) is 17.3 Å². The topological polar surface area (TPSA) is 35.5 Å². The fourth-order valence-corrected chi connectivity index (χ4v) is 2.01. The molecule has 0 bridgehead atoms. The maximum atomic E-state index is 11.4. The summed E-state index contributed by atoms with van der Waals surface area (Å²) < 4.78 is 11.2. The number of fused-ring (bicyclic) bond motifs is 1. The minimum atomic E-state index is 0.0637. The number of ketones is 1. The lowest BCUT2D eigenvalue weighted by Crippen LogP contribution is -1.99. The SMILES string of the molecule is CCOc1cc2ccc(C(C)=O)cc2cc1OCC. The second kappa shape index (κ2) is 5.74. The van der Waals surface area contributed by atoms with Crippen LogP contribution in [-0.4, -0.2) is 19.0 Å². The summed E-state index contributed by atoms with van der Waals surface area (Å²) in [6.07, 6.45) is 0. The molecule has 100 valence electrons. The average molecular weight is 258 g/mol. The quantitative estimate of drug-likeness (QED) is 0.764. The van der Waals surface area contributed by atoms with Gasteiger partial charge in [-0.05, 0) is 49.7 Å². The first-order valence-electron chi connectivity index (χ1n) is 6.50. The van der Waals surface area contributed by atoms with Gasteiger partial charge in [-0.1, -0.05) is 12.1 Å². The number of carbonyl (C=O) groups is 1. The normalized spacial score (nSPS) is 10.5. The molecule has 0 aliphatic heterocycles. The van der Waals surface area contributed by atoms with Crippen molar-refractivity contribution >= 4 is 16.6 Å². The van der Waals surface area contributed by atoms with Crippen LogP contribution < -0.4 is 9.47 Å². The van der Waals surface area contributed by atoms with E-state index in [1.54, 1.807) is 6.92 Å². The Balaban J connectivity index is 2.56. The molecule has 0 aliphatic rings. The monoisotopic (exact) mass is 258 g/mol. The van der Waals surface area contributed by atoms with E-state index in [0.717, 1.165) is 22.3 Å². The van der Waals surface area contributed by atoms with E-state index in [0.29, 0.717) is 18.8 Å². The van der Waals surface area contributed by atoms with Crippen LogP contribution in [0.15, 0.2) is 30.3 Å². The fourth-order valence-electron chi connectivity index (χ4n) is 2.01. The Morgan fingerprint density at radius 3 is 2.05 bits per heavy atom. The molecule has 0 aliphatic carbocycles. The second-order valence-electron chi connectivity index (χ2n) is 4.28. The Labute approximate surface area is 113 Å². The van der Waals surface area contributed by atoms with E-state index in [2.05, 4.69) is 0 Å². The highest BCUT2D eigenvalue weighted by Crippen LogP contribution is 2.33. The molecule has 3 heteroatoms. The zero-order chi connectivity index (χ0) is 13.8. The van der Waals surface area contributed by atoms with Crippen molar-refractivity contribution in [1.82, 2.24) is 0 Å². The summed E-state index contributed by atoms with van der Waals surface area (Å²) in [5.41, 5.74) is 0.708. The number of rotatable bonds is 5. The number of carbonyl (C=O) groups excluding carboxylic acids is 1. The third-order valence-electron chi connectivity index (χ3n) is 2.91. The van der Waals surface area contributed by atoms with Crippen LogP contribution >= 0.6 is 0 Å². The summed E-state index contributed by atoms with van der Waals surface area (Å²) in [5.74, 6) is 1.53. The first-order chi connectivity index (χ1) is 9.15. The van der Waals surface area contributed by atoms with Crippen LogP contribution in [0, 0.1) is 0 Å². The van der Waals surface area contributed by atoms with Crippen molar-refractivity contribution in [2.24, 2.45) is 0 Å². The Morgan fingerprint density at radius 2 is 1.53 bits per heavy atom. The predicted octanol–water partition coefficient (Wildman–Crippen LogP) is 3.84. The zero-order valence-electron chi connectivity index (χ0n) is 11.5. The van der Waals surface area contributed by atoms with Crippen molar-refractivity contribution in [3.63, 3.8) is 0 Å². The molecule has 0 radical (unpaired) electrons. The smallest absolute Gasteiger partial charge is 0.161 e. The Bertz CT molecular complexity index is 602. The number of ether oxygens (including phenoxy) is 2. The summed E-state index contributed by atoms with van der Waals surface area (Å²) in [6, 6.07) is 9.53. The van der Waals surface area contributed by atoms with Gasteiger partial charge in [0.2, 0.25) is 0 Å². The molecule has 0 atom stereocenters. The third kappa shape index (κ3) is 2.87. The van der Waals surface area contributed by atoms with Gasteiger partial charge in [0.1, 0.15) is 0 Å². The summed E-state index contributed by atoms with van der Waals surface area (Å²) >= 11 is 0. The van der Waals surface area contributed by atoms with Crippen molar-refractivity contribution < 1.29 is 14.3 Å². The van der Waals surface area contributed by atoms with Crippen molar-refractivity contribution in [1.29, 1.82) is 0 Å². The highest BCUT2D eigenvalue weighted by molar-refractivity contribution is 5.99. The molecule has 0 spiro atoms. The molecule has 0 amide bonds. The highest BCUT2D eigenvalue weighted by atomic mass is 16.5. The Kier molecular flexibility index (Phi) is 4.05. The number of hydrogen-bond acceptors (Lipinski definition) is 3. The standard InChI is InChI=1S/C16H18O3/c1-4-18-15-9-13-7-6-12(11(3)17)8-14(13)10-16(15)19-5-2/h6-10H,4-5H2,1-3H3. The minimum absolute atomic E-state index is 0.0637. The predicted molar refractivity (Wildman–Crippen MR) is 76.3 cm³/mol. The zero-order valence-corrected chi connectivity index (χ0v) is 11.5. The molecule has 0 N–H and O–H groups in total. The molecule has 3 nitrogen and oxygen atoms in total. The van der Waals surface area contributed by atoms with Crippen LogP contribution in [0.4, 0.5) is 0 Å². The Hall–Kier alpha value is -2.03. The van der Waals surface area contributed by atoms with Gasteiger partial charge in [0, 0.05) is 5.56 Å². The Morgan fingerprint density at radius 1 is 0.947 bits per heavy atom. The second-order valence-corrected chi connectivity index (χ2v) is 4.28. The van der Waals surface area contributed by atoms with Gasteiger partial charge in [-0.2, -0.15) is 0 Å². The van der Waals surface area contributed by atoms with Gasteiger partial charge in [-0.15, -0.1) is 0 Å². The van der Waals surface area contributed by atoms with Crippen LogP contribution in [0.25, 0.3) is 10.8 Å². The summed E-state index contributed by atoms with van der Waals surface area (Å²) in [6.45, 7) is 6.62. The van der Waals surface area contributed by atoms with Crippen molar-refractivity contribution in [2.45, 2.75) is 20.8 Å². The lowest BCUT2D eigenvalue weighted by atomic mass is 10.0. The maximum absolute atomic E-state index is 11.4. The summed E-state index contributed by atoms with van der Waals surface area (Å²) in [7, 11) is 0. The molecule has 0 aromatic heterocycles. The molecule has 2 aromatic carbocycles. The van der Waals surface area contributed by atoms with E-state index in [-0.39, 0.29) is 5.78 Å². The average Bonchev–Trinajstić information content (AvgIpc) is 2.39. The molecule has 0 saturated carbocycles. The van der Waals surface area contributed by atoms with Crippen LogP contribution in [0.5, 0.6) is 11.5 Å². The molecule has 2 aromatic rings. The van der Waals surface area contributed by atoms with Crippen LogP contribution in [0.3, 0.4) is 0 Å². The molecule has 0 fully saturated rings. The molecule has 0 unspecified atom stereocenters. The number of benzene rings is 2. The van der Waals surface area contributed by atoms with E-state index in [4.69, 9.17) is 9.47 Å². The highest BCUT2D eigenvalue weighted by Gasteiger charge is 2.08. The fraction of sp³-hybridized carbons (Fsp3) is 0.312. The van der Waals surface area contributed by atoms with Gasteiger partial charge in [-0.25, -0.2) is 0 Å². The van der Waals surface area contributed by atoms with E-state index in [1.165, 1.54) is 0 Å². The van der Waals surface area contributed by atoms with Crippen LogP contribution in [0.2, 0.25) is 0 Å². The first kappa shape index (κ1) is 13.4. The van der Waals surface area contributed by atoms with Crippen molar-refractivity contribution in [3.05, 3.63) is 35.9 Å². The molecule has 2 rings (SSSR count). The lowest BCUT2D eigenvalue weighted by Gasteiger charge is -2.12. The van der Waals surface area contributed by atoms with Crippen molar-refractivity contribution in [2.75, 3.05) is 13.2 Å². The number of Topliss-reactive ketones (excluding diaryl/α,β-unsaturated/α-hetero) is 1. The van der Waals surface area contributed by atoms with E-state index in [1.807, 2.05) is 44.2 Å². The van der Waals surface area contributed by atoms with E-state index in [9.17, 15) is 4.79 Å². The molecule has 19 heavy (non-hydrogen) atoms. The maximum Gasteiger partial charge on any atom is 0.161 e. The van der Waals surface area contributed by atoms with Crippen LogP contribution in [0.1, 0.15) is 31.1 Å². The van der Waals surface area contributed by atoms with Crippen molar-refractivity contribution in [3.8, 4) is 11.5 Å². The molecular weight excluding hydrogens is 240 g/mol. The van der Waals surface area contributed by atoms with Gasteiger partial charge in [-0.3, -0.25) is 4.79 Å². The van der Waals surface area contributed by atoms with E-state index < -0.39 is 0 Å². The van der Waals surface area contributed by atoms with E-state index >= 15 is 0 Å². The lowest BCUT2D eigenvalue weighted by molar-refractivity contribution is 0.101. The van der Waals surface area contributed by atoms with Crippen LogP contribution in [-0.2, 0) is 0 Å². The molecule has 0 saturated heterocycles.